The second-order valence-corrected chi connectivity index (χ2v) is 6.37. The second kappa shape index (κ2) is 6.44. The van der Waals surface area contributed by atoms with Gasteiger partial charge in [-0.1, -0.05) is 6.07 Å². The predicted octanol–water partition coefficient (Wildman–Crippen LogP) is 2.08. The molecule has 2 heterocycles. The fourth-order valence-electron chi connectivity index (χ4n) is 3.15. The highest BCUT2D eigenvalue weighted by Gasteiger charge is 2.35. The van der Waals surface area contributed by atoms with Crippen LogP contribution in [0.5, 0.6) is 0 Å². The van der Waals surface area contributed by atoms with E-state index < -0.39 is 17.2 Å². The Morgan fingerprint density at radius 3 is 2.67 bits per heavy atom. The highest BCUT2D eigenvalue weighted by molar-refractivity contribution is 5.81. The minimum absolute atomic E-state index is 0.0569. The molecule has 27 heavy (non-hydrogen) atoms. The third-order valence-electron chi connectivity index (χ3n) is 4.40. The third kappa shape index (κ3) is 3.24. The number of aromatic nitrogens is 5. The summed E-state index contributed by atoms with van der Waals surface area (Å²) >= 11 is 0. The van der Waals surface area contributed by atoms with Gasteiger partial charge in [-0.15, -0.1) is 0 Å². The minimum Gasteiger partial charge on any atom is -0.399 e. The molecule has 3 N–H and O–H groups in total. The highest BCUT2D eigenvalue weighted by atomic mass is 19.1. The van der Waals surface area contributed by atoms with Crippen LogP contribution in [0.25, 0.3) is 10.9 Å². The third-order valence-corrected chi connectivity index (χ3v) is 4.40. The van der Waals surface area contributed by atoms with Gasteiger partial charge in [0.05, 0.1) is 24.8 Å². The number of hydrogen-bond donors (Lipinski definition) is 2. The number of fused-ring (bicyclic) bond motifs is 1. The molecule has 2 aromatic carbocycles. The van der Waals surface area contributed by atoms with Gasteiger partial charge in [0.2, 0.25) is 0 Å². The van der Waals surface area contributed by atoms with Crippen LogP contribution in [0, 0.1) is 11.6 Å². The number of hydrogen-bond acceptors (Lipinski definition) is 5. The highest BCUT2D eigenvalue weighted by Crippen LogP contribution is 2.30. The van der Waals surface area contributed by atoms with E-state index in [0.29, 0.717) is 5.69 Å². The number of benzene rings is 2. The molecule has 0 amide bonds. The zero-order valence-electron chi connectivity index (χ0n) is 14.1. The van der Waals surface area contributed by atoms with Crippen molar-refractivity contribution < 1.29 is 13.9 Å². The first-order valence-electron chi connectivity index (χ1n) is 8.16. The minimum atomic E-state index is -1.74. The number of anilines is 1. The maximum atomic E-state index is 14.5. The Labute approximate surface area is 152 Å². The van der Waals surface area contributed by atoms with Gasteiger partial charge < -0.3 is 10.8 Å². The monoisotopic (exact) mass is 370 g/mol. The van der Waals surface area contributed by atoms with Gasteiger partial charge in [-0.3, -0.25) is 4.68 Å². The van der Waals surface area contributed by atoms with Gasteiger partial charge in [0.1, 0.15) is 29.9 Å². The Morgan fingerprint density at radius 2 is 1.93 bits per heavy atom. The first-order chi connectivity index (χ1) is 12.9. The molecule has 4 rings (SSSR count). The van der Waals surface area contributed by atoms with E-state index in [1.807, 2.05) is 0 Å². The van der Waals surface area contributed by atoms with E-state index >= 15 is 0 Å². The summed E-state index contributed by atoms with van der Waals surface area (Å²) < 4.78 is 30.8. The van der Waals surface area contributed by atoms with E-state index in [4.69, 9.17) is 5.73 Å². The fraction of sp³-hybridized carbons (Fsp3) is 0.167. The van der Waals surface area contributed by atoms with E-state index in [-0.39, 0.29) is 18.7 Å². The van der Waals surface area contributed by atoms with Gasteiger partial charge in [0.25, 0.3) is 0 Å². The number of nitrogens with zero attached hydrogens (tertiary/aromatic N) is 5. The van der Waals surface area contributed by atoms with Crippen LogP contribution in [0.1, 0.15) is 5.56 Å². The molecule has 0 radical (unpaired) electrons. The topological polar surface area (TPSA) is 94.8 Å². The molecular formula is C18H16F2N6O. The number of aliphatic hydroxyl groups is 1. The summed E-state index contributed by atoms with van der Waals surface area (Å²) in [7, 11) is 0. The summed E-state index contributed by atoms with van der Waals surface area (Å²) in [5, 5.41) is 20.4. The average molecular weight is 370 g/mol. The first kappa shape index (κ1) is 17.1. The largest absolute Gasteiger partial charge is 0.399 e. The van der Waals surface area contributed by atoms with Gasteiger partial charge in [0.15, 0.2) is 0 Å². The fourth-order valence-corrected chi connectivity index (χ4v) is 3.15. The number of nitrogens with two attached hydrogens (primary N) is 1. The molecule has 2 aromatic heterocycles. The standard InChI is InChI=1S/C18H16F2N6O/c19-13-1-3-15(16(20)6-13)18(27,8-25-11-22-10-24-25)9-26-17-4-2-14(21)5-12(17)7-23-26/h1-7,10-11,27H,8-9,21H2. The first-order valence-corrected chi connectivity index (χ1v) is 8.16. The summed E-state index contributed by atoms with van der Waals surface area (Å²) in [6, 6.07) is 8.32. The van der Waals surface area contributed by atoms with Gasteiger partial charge in [0, 0.05) is 22.7 Å². The molecule has 0 spiro atoms. The SMILES string of the molecule is Nc1ccc2c(cnn2CC(O)(Cn2cncn2)c2ccc(F)cc2F)c1. The summed E-state index contributed by atoms with van der Waals surface area (Å²) in [6.45, 7) is -0.172. The molecule has 9 heteroatoms. The van der Waals surface area contributed by atoms with Crippen molar-refractivity contribution in [1.29, 1.82) is 0 Å². The zero-order valence-corrected chi connectivity index (χ0v) is 14.1. The lowest BCUT2D eigenvalue weighted by atomic mass is 9.92. The lowest BCUT2D eigenvalue weighted by Gasteiger charge is -2.29. The van der Waals surface area contributed by atoms with Crippen molar-refractivity contribution in [3.8, 4) is 0 Å². The number of rotatable bonds is 5. The van der Waals surface area contributed by atoms with Crippen LogP contribution in [0.3, 0.4) is 0 Å². The molecule has 1 unspecified atom stereocenters. The quantitative estimate of drug-likeness (QED) is 0.525. The summed E-state index contributed by atoms with van der Waals surface area (Å²) in [6.07, 6.45) is 4.34. The van der Waals surface area contributed by atoms with Crippen molar-refractivity contribution in [2.45, 2.75) is 18.7 Å². The molecule has 1 atom stereocenters. The van der Waals surface area contributed by atoms with Gasteiger partial charge in [-0.25, -0.2) is 18.4 Å². The molecule has 0 aliphatic heterocycles. The van der Waals surface area contributed by atoms with Crippen molar-refractivity contribution in [3.05, 3.63) is 72.4 Å². The summed E-state index contributed by atoms with van der Waals surface area (Å²) in [5.41, 5.74) is 5.30. The Hall–Kier alpha value is -3.33. The molecule has 7 nitrogen and oxygen atoms in total. The van der Waals surface area contributed by atoms with Crippen molar-refractivity contribution >= 4 is 16.6 Å². The van der Waals surface area contributed by atoms with Gasteiger partial charge >= 0.3 is 0 Å². The molecular weight excluding hydrogens is 354 g/mol. The second-order valence-electron chi connectivity index (χ2n) is 6.37. The van der Waals surface area contributed by atoms with Crippen molar-refractivity contribution in [2.24, 2.45) is 0 Å². The van der Waals surface area contributed by atoms with E-state index in [0.717, 1.165) is 23.0 Å². The van der Waals surface area contributed by atoms with Crippen LogP contribution in [0.4, 0.5) is 14.5 Å². The Balaban J connectivity index is 1.79. The van der Waals surface area contributed by atoms with Crippen LogP contribution < -0.4 is 5.73 Å². The smallest absolute Gasteiger partial charge is 0.137 e. The van der Waals surface area contributed by atoms with E-state index in [1.165, 1.54) is 23.4 Å². The van der Waals surface area contributed by atoms with Crippen LogP contribution in [0.15, 0.2) is 55.2 Å². The van der Waals surface area contributed by atoms with Gasteiger partial charge in [-0.2, -0.15) is 10.2 Å². The summed E-state index contributed by atoms with van der Waals surface area (Å²) in [5.74, 6) is -1.57. The molecule has 0 saturated carbocycles. The van der Waals surface area contributed by atoms with E-state index in [2.05, 4.69) is 15.2 Å². The van der Waals surface area contributed by atoms with E-state index in [1.54, 1.807) is 29.1 Å². The molecule has 0 saturated heterocycles. The normalized spacial score (nSPS) is 13.7. The Bertz CT molecular complexity index is 1090. The van der Waals surface area contributed by atoms with Crippen molar-refractivity contribution in [2.75, 3.05) is 5.73 Å². The zero-order chi connectivity index (χ0) is 19.0. The van der Waals surface area contributed by atoms with Crippen molar-refractivity contribution in [3.63, 3.8) is 0 Å². The predicted molar refractivity (Wildman–Crippen MR) is 94.4 cm³/mol. The molecule has 0 fully saturated rings. The Morgan fingerprint density at radius 1 is 1.07 bits per heavy atom. The lowest BCUT2D eigenvalue weighted by molar-refractivity contribution is -0.00734. The lowest BCUT2D eigenvalue weighted by Crippen LogP contribution is -2.37. The molecule has 0 aliphatic rings. The molecule has 0 bridgehead atoms. The number of nitrogen functional groups attached to an aromatic ring is 1. The van der Waals surface area contributed by atoms with Crippen LogP contribution >= 0.6 is 0 Å². The Kier molecular flexibility index (Phi) is 4.08. The van der Waals surface area contributed by atoms with Crippen molar-refractivity contribution in [1.82, 2.24) is 24.5 Å². The average Bonchev–Trinajstić information content (AvgIpc) is 3.24. The van der Waals surface area contributed by atoms with E-state index in [9.17, 15) is 13.9 Å². The maximum absolute atomic E-state index is 14.5. The van der Waals surface area contributed by atoms with Crippen LogP contribution in [-0.2, 0) is 18.7 Å². The maximum Gasteiger partial charge on any atom is 0.137 e. The summed E-state index contributed by atoms with van der Waals surface area (Å²) in [4.78, 5) is 3.84. The van der Waals surface area contributed by atoms with Crippen LogP contribution in [0.2, 0.25) is 0 Å². The molecule has 0 aliphatic carbocycles. The van der Waals surface area contributed by atoms with Crippen LogP contribution in [-0.4, -0.2) is 29.7 Å². The molecule has 4 aromatic rings. The molecule has 138 valence electrons. The van der Waals surface area contributed by atoms with Gasteiger partial charge in [-0.05, 0) is 24.3 Å². The number of halogens is 2.